The van der Waals surface area contributed by atoms with Crippen LogP contribution in [0.5, 0.6) is 0 Å². The van der Waals surface area contributed by atoms with Crippen LogP contribution in [0, 0.1) is 17.9 Å². The van der Waals surface area contributed by atoms with Gasteiger partial charge in [0.25, 0.3) is 0 Å². The molecule has 0 fully saturated rings. The van der Waals surface area contributed by atoms with Crippen LogP contribution in [0.3, 0.4) is 0 Å². The largest absolute Gasteiger partial charge is 0.522 e. The van der Waals surface area contributed by atoms with E-state index in [1.54, 1.807) is 6.11 Å². The van der Waals surface area contributed by atoms with E-state index in [2.05, 4.69) is 30.2 Å². The minimum Gasteiger partial charge on any atom is -0.433 e. The second-order valence-electron chi connectivity index (χ2n) is 3.63. The first-order chi connectivity index (χ1) is 5.45. The molecule has 0 aromatic rings. The van der Waals surface area contributed by atoms with Gasteiger partial charge in [-0.25, -0.2) is 4.79 Å². The van der Waals surface area contributed by atoms with Crippen LogP contribution in [0.1, 0.15) is 27.2 Å². The molecule has 0 bridgehead atoms. The number of ether oxygens (including phenoxy) is 2. The SMILES string of the molecule is C#COC(=O)OCCC(C)(C)C. The molecule has 0 atom stereocenters. The van der Waals surface area contributed by atoms with E-state index in [0.29, 0.717) is 6.61 Å². The van der Waals surface area contributed by atoms with Crippen LogP contribution >= 0.6 is 0 Å². The van der Waals surface area contributed by atoms with Crippen molar-refractivity contribution in [2.24, 2.45) is 5.41 Å². The predicted octanol–water partition coefficient (Wildman–Crippen LogP) is 2.17. The highest BCUT2D eigenvalue weighted by Crippen LogP contribution is 2.17. The van der Waals surface area contributed by atoms with Crippen LogP contribution in [-0.2, 0) is 9.47 Å². The van der Waals surface area contributed by atoms with Crippen LogP contribution in [-0.4, -0.2) is 12.8 Å². The first kappa shape index (κ1) is 10.8. The smallest absolute Gasteiger partial charge is 0.433 e. The van der Waals surface area contributed by atoms with Crippen molar-refractivity contribution in [1.82, 2.24) is 0 Å². The summed E-state index contributed by atoms with van der Waals surface area (Å²) in [6, 6.07) is 0. The summed E-state index contributed by atoms with van der Waals surface area (Å²) in [4.78, 5) is 10.5. The fourth-order valence-electron chi connectivity index (χ4n) is 0.518. The average Bonchev–Trinajstić information content (AvgIpc) is 1.84. The lowest BCUT2D eigenvalue weighted by atomic mass is 9.93. The van der Waals surface area contributed by atoms with E-state index in [1.165, 1.54) is 0 Å². The molecule has 12 heavy (non-hydrogen) atoms. The maximum atomic E-state index is 10.5. The second-order valence-corrected chi connectivity index (χ2v) is 3.63. The number of carbonyl (C=O) groups excluding carboxylic acids is 1. The molecular weight excluding hydrogens is 156 g/mol. The summed E-state index contributed by atoms with van der Waals surface area (Å²) >= 11 is 0. The Kier molecular flexibility index (Phi) is 4.20. The van der Waals surface area contributed by atoms with Gasteiger partial charge in [-0.1, -0.05) is 27.2 Å². The Balaban J connectivity index is 3.45. The van der Waals surface area contributed by atoms with Gasteiger partial charge in [0.05, 0.1) is 6.61 Å². The molecule has 0 spiro atoms. The number of hydrogen-bond donors (Lipinski definition) is 0. The molecule has 0 radical (unpaired) electrons. The van der Waals surface area contributed by atoms with Crippen LogP contribution in [0.25, 0.3) is 0 Å². The minimum absolute atomic E-state index is 0.149. The third kappa shape index (κ3) is 6.94. The first-order valence-electron chi connectivity index (χ1n) is 3.75. The van der Waals surface area contributed by atoms with Gasteiger partial charge in [-0.15, -0.1) is 0 Å². The van der Waals surface area contributed by atoms with Crippen molar-refractivity contribution in [1.29, 1.82) is 0 Å². The molecule has 0 aromatic carbocycles. The molecule has 0 saturated carbocycles. The standard InChI is InChI=1S/C9H14O3/c1-5-11-8(10)12-7-6-9(2,3)4/h1H,6-7H2,2-4H3. The molecule has 0 aliphatic carbocycles. The molecule has 3 nitrogen and oxygen atoms in total. The van der Waals surface area contributed by atoms with E-state index < -0.39 is 6.16 Å². The van der Waals surface area contributed by atoms with Gasteiger partial charge in [0.15, 0.2) is 0 Å². The normalized spacial score (nSPS) is 10.2. The Labute approximate surface area is 73.0 Å². The molecule has 0 saturated heterocycles. The molecule has 0 rings (SSSR count). The molecular formula is C9H14O3. The first-order valence-corrected chi connectivity index (χ1v) is 3.75. The fraction of sp³-hybridized carbons (Fsp3) is 0.667. The van der Waals surface area contributed by atoms with Crippen molar-refractivity contribution in [2.75, 3.05) is 6.61 Å². The Bertz CT molecular complexity index is 183. The number of rotatable bonds is 2. The van der Waals surface area contributed by atoms with Gasteiger partial charge in [-0.05, 0) is 11.8 Å². The van der Waals surface area contributed by atoms with Gasteiger partial charge in [-0.2, -0.15) is 0 Å². The minimum atomic E-state index is -0.804. The lowest BCUT2D eigenvalue weighted by molar-refractivity contribution is 0.0807. The van der Waals surface area contributed by atoms with Gasteiger partial charge in [-0.3, -0.25) is 0 Å². The fourth-order valence-corrected chi connectivity index (χ4v) is 0.518. The van der Waals surface area contributed by atoms with E-state index in [9.17, 15) is 4.79 Å². The Morgan fingerprint density at radius 1 is 1.50 bits per heavy atom. The maximum absolute atomic E-state index is 10.5. The highest BCUT2D eigenvalue weighted by atomic mass is 16.7. The molecule has 0 N–H and O–H groups in total. The van der Waals surface area contributed by atoms with Gasteiger partial charge < -0.3 is 9.47 Å². The van der Waals surface area contributed by atoms with E-state index in [1.807, 2.05) is 0 Å². The summed E-state index contributed by atoms with van der Waals surface area (Å²) in [5, 5.41) is 0. The highest BCUT2D eigenvalue weighted by molar-refractivity contribution is 5.61. The molecule has 0 unspecified atom stereocenters. The number of hydrogen-bond acceptors (Lipinski definition) is 3. The summed E-state index contributed by atoms with van der Waals surface area (Å²) in [5.41, 5.74) is 0.149. The van der Waals surface area contributed by atoms with Crippen molar-refractivity contribution in [3.05, 3.63) is 0 Å². The Morgan fingerprint density at radius 2 is 2.08 bits per heavy atom. The molecule has 68 valence electrons. The lowest BCUT2D eigenvalue weighted by Crippen LogP contribution is -2.12. The van der Waals surface area contributed by atoms with Crippen LogP contribution in [0.2, 0.25) is 0 Å². The molecule has 0 amide bonds. The van der Waals surface area contributed by atoms with Crippen LogP contribution in [0.4, 0.5) is 4.79 Å². The molecule has 0 heterocycles. The molecule has 0 aliphatic heterocycles. The Morgan fingerprint density at radius 3 is 2.50 bits per heavy atom. The van der Waals surface area contributed by atoms with E-state index in [-0.39, 0.29) is 5.41 Å². The van der Waals surface area contributed by atoms with E-state index in [0.717, 1.165) is 6.42 Å². The summed E-state index contributed by atoms with van der Waals surface area (Å²) in [6.45, 7) is 6.51. The average molecular weight is 170 g/mol. The molecule has 3 heteroatoms. The van der Waals surface area contributed by atoms with Crippen molar-refractivity contribution < 1.29 is 14.3 Å². The van der Waals surface area contributed by atoms with Gasteiger partial charge in [0, 0.05) is 0 Å². The third-order valence-electron chi connectivity index (χ3n) is 1.21. The topological polar surface area (TPSA) is 35.5 Å². The zero-order valence-corrected chi connectivity index (χ0v) is 7.72. The summed E-state index contributed by atoms with van der Waals surface area (Å²) in [7, 11) is 0. The zero-order chi connectivity index (χ0) is 9.61. The van der Waals surface area contributed by atoms with E-state index >= 15 is 0 Å². The maximum Gasteiger partial charge on any atom is 0.522 e. The third-order valence-corrected chi connectivity index (χ3v) is 1.21. The quantitative estimate of drug-likeness (QED) is 0.470. The number of terminal acetylenes is 1. The molecule has 0 aliphatic rings. The predicted molar refractivity (Wildman–Crippen MR) is 45.3 cm³/mol. The Hall–Kier alpha value is -1.17. The zero-order valence-electron chi connectivity index (χ0n) is 7.72. The lowest BCUT2D eigenvalue weighted by Gasteiger charge is -2.16. The van der Waals surface area contributed by atoms with Crippen LogP contribution < -0.4 is 0 Å². The van der Waals surface area contributed by atoms with Crippen molar-refractivity contribution in [3.63, 3.8) is 0 Å². The van der Waals surface area contributed by atoms with Crippen molar-refractivity contribution in [2.45, 2.75) is 27.2 Å². The van der Waals surface area contributed by atoms with Gasteiger partial charge in [0.1, 0.15) is 6.11 Å². The van der Waals surface area contributed by atoms with Gasteiger partial charge >= 0.3 is 6.16 Å². The van der Waals surface area contributed by atoms with E-state index in [4.69, 9.17) is 6.42 Å². The van der Waals surface area contributed by atoms with Crippen LogP contribution in [0.15, 0.2) is 0 Å². The number of carbonyl (C=O) groups is 1. The highest BCUT2D eigenvalue weighted by Gasteiger charge is 2.11. The summed E-state index contributed by atoms with van der Waals surface area (Å²) in [6.07, 6.45) is 6.43. The molecule has 0 aromatic heterocycles. The van der Waals surface area contributed by atoms with Gasteiger partial charge in [0.2, 0.25) is 0 Å². The monoisotopic (exact) mass is 170 g/mol. The second kappa shape index (κ2) is 4.66. The van der Waals surface area contributed by atoms with Crippen molar-refractivity contribution >= 4 is 6.16 Å². The summed E-state index contributed by atoms with van der Waals surface area (Å²) < 4.78 is 8.78. The summed E-state index contributed by atoms with van der Waals surface area (Å²) in [5.74, 6) is 0. The van der Waals surface area contributed by atoms with Crippen molar-refractivity contribution in [3.8, 4) is 12.5 Å².